The molecule has 142 valence electrons. The van der Waals surface area contributed by atoms with E-state index in [1.807, 2.05) is 11.0 Å². The zero-order valence-electron chi connectivity index (χ0n) is 15.0. The van der Waals surface area contributed by atoms with Crippen LogP contribution < -0.4 is 16.4 Å². The predicted octanol–water partition coefficient (Wildman–Crippen LogP) is -0.123. The Morgan fingerprint density at radius 2 is 1.81 bits per heavy atom. The summed E-state index contributed by atoms with van der Waals surface area (Å²) in [5, 5.41) is 0. The molecule has 0 atom stereocenters. The summed E-state index contributed by atoms with van der Waals surface area (Å²) in [5.41, 5.74) is 13.1. The molecule has 2 aromatic heterocycles. The van der Waals surface area contributed by atoms with Crippen LogP contribution in [0.15, 0.2) is 30.9 Å². The molecule has 0 saturated carbocycles. The summed E-state index contributed by atoms with van der Waals surface area (Å²) in [5.74, 6) is 0.00647. The minimum Gasteiger partial charge on any atom is -0.382 e. The van der Waals surface area contributed by atoms with E-state index in [1.54, 1.807) is 12.4 Å². The van der Waals surface area contributed by atoms with Gasteiger partial charge in [-0.1, -0.05) is 0 Å². The number of Topliss-reactive ketones (excluding diaryl/α,β-unsaturated/α-hetero) is 1. The van der Waals surface area contributed by atoms with Crippen LogP contribution in [0.2, 0.25) is 0 Å². The lowest BCUT2D eigenvalue weighted by atomic mass is 10.1. The Kier molecular flexibility index (Phi) is 5.92. The first-order valence-electron chi connectivity index (χ1n) is 8.85. The van der Waals surface area contributed by atoms with Crippen molar-refractivity contribution in [3.8, 4) is 0 Å². The van der Waals surface area contributed by atoms with Gasteiger partial charge in [0.05, 0.1) is 0 Å². The van der Waals surface area contributed by atoms with Gasteiger partial charge >= 0.3 is 0 Å². The lowest BCUT2D eigenvalue weighted by Crippen LogP contribution is -2.49. The molecule has 1 aliphatic heterocycles. The first kappa shape index (κ1) is 18.7. The van der Waals surface area contributed by atoms with Gasteiger partial charge in [0.2, 0.25) is 5.91 Å². The number of amides is 1. The molecule has 4 N–H and O–H groups in total. The third kappa shape index (κ3) is 4.37. The molecule has 9 heteroatoms. The second-order valence-corrected chi connectivity index (χ2v) is 6.30. The third-order valence-electron chi connectivity index (χ3n) is 4.55. The number of nitrogens with zero attached hydrogens (tertiary/aromatic N) is 5. The third-order valence-corrected chi connectivity index (χ3v) is 4.55. The first-order chi connectivity index (χ1) is 13.1. The Labute approximate surface area is 157 Å². The summed E-state index contributed by atoms with van der Waals surface area (Å²) in [6.45, 7) is 3.00. The molecule has 1 amide bonds. The van der Waals surface area contributed by atoms with Gasteiger partial charge in [0.15, 0.2) is 11.6 Å². The Morgan fingerprint density at radius 1 is 1.07 bits per heavy atom. The van der Waals surface area contributed by atoms with E-state index in [4.69, 9.17) is 11.5 Å². The van der Waals surface area contributed by atoms with E-state index in [-0.39, 0.29) is 29.6 Å². The summed E-state index contributed by atoms with van der Waals surface area (Å²) in [4.78, 5) is 40.7. The van der Waals surface area contributed by atoms with Crippen LogP contribution in [0, 0.1) is 0 Å². The van der Waals surface area contributed by atoms with Gasteiger partial charge in [-0.25, -0.2) is 9.97 Å². The maximum Gasteiger partial charge on any atom is 0.223 e. The average molecular weight is 369 g/mol. The van der Waals surface area contributed by atoms with E-state index in [2.05, 4.69) is 19.9 Å². The van der Waals surface area contributed by atoms with Crippen LogP contribution in [0.3, 0.4) is 0 Å². The first-order valence-corrected chi connectivity index (χ1v) is 8.85. The minimum atomic E-state index is -0.202. The number of anilines is 2. The second kappa shape index (κ2) is 8.54. The summed E-state index contributed by atoms with van der Waals surface area (Å²) >= 11 is 0. The van der Waals surface area contributed by atoms with E-state index < -0.39 is 0 Å². The summed E-state index contributed by atoms with van der Waals surface area (Å²) in [6, 6.07) is 1.89. The Morgan fingerprint density at radius 3 is 2.52 bits per heavy atom. The van der Waals surface area contributed by atoms with E-state index in [1.165, 1.54) is 12.4 Å². The fourth-order valence-corrected chi connectivity index (χ4v) is 3.16. The minimum absolute atomic E-state index is 0.0837. The monoisotopic (exact) mass is 369 g/mol. The number of carbonyl (C=O) groups is 2. The number of pyridine rings is 1. The van der Waals surface area contributed by atoms with Crippen molar-refractivity contribution >= 4 is 23.2 Å². The van der Waals surface area contributed by atoms with Gasteiger partial charge in [-0.2, -0.15) is 0 Å². The van der Waals surface area contributed by atoms with Crippen LogP contribution in [-0.2, 0) is 11.2 Å². The van der Waals surface area contributed by atoms with E-state index in [9.17, 15) is 9.59 Å². The van der Waals surface area contributed by atoms with Gasteiger partial charge < -0.3 is 21.3 Å². The van der Waals surface area contributed by atoms with Crippen molar-refractivity contribution in [1.29, 1.82) is 0 Å². The summed E-state index contributed by atoms with van der Waals surface area (Å²) in [7, 11) is 0. The molecule has 0 bridgehead atoms. The fraction of sp³-hybridized carbons (Fsp3) is 0.389. The Bertz CT molecular complexity index is 819. The van der Waals surface area contributed by atoms with Crippen molar-refractivity contribution in [2.75, 3.05) is 43.4 Å². The highest BCUT2D eigenvalue weighted by atomic mass is 16.2. The van der Waals surface area contributed by atoms with Crippen LogP contribution in [0.5, 0.6) is 0 Å². The predicted molar refractivity (Wildman–Crippen MR) is 101 cm³/mol. The normalized spacial score (nSPS) is 14.3. The van der Waals surface area contributed by atoms with Gasteiger partial charge in [-0.3, -0.25) is 14.6 Å². The van der Waals surface area contributed by atoms with Crippen LogP contribution in [0.4, 0.5) is 11.5 Å². The zero-order chi connectivity index (χ0) is 19.2. The maximum absolute atomic E-state index is 12.6. The molecular formula is C18H23N7O2. The molecular weight excluding hydrogens is 346 g/mol. The SMILES string of the molecule is NCCC(=O)N1CCN(c2ccncc2CC(=O)c2nccnc2N)CC1. The number of piperazine rings is 1. The fourth-order valence-electron chi connectivity index (χ4n) is 3.16. The van der Waals surface area contributed by atoms with Gasteiger partial charge in [-0.05, 0) is 6.07 Å². The molecule has 1 aliphatic rings. The zero-order valence-corrected chi connectivity index (χ0v) is 15.0. The smallest absolute Gasteiger partial charge is 0.223 e. The molecule has 0 aliphatic carbocycles. The largest absolute Gasteiger partial charge is 0.382 e. The molecule has 0 unspecified atom stereocenters. The van der Waals surface area contributed by atoms with E-state index in [0.717, 1.165) is 11.3 Å². The van der Waals surface area contributed by atoms with Gasteiger partial charge in [0.1, 0.15) is 5.69 Å². The summed E-state index contributed by atoms with van der Waals surface area (Å²) < 4.78 is 0. The number of rotatable bonds is 6. The van der Waals surface area contributed by atoms with Crippen molar-refractivity contribution in [3.63, 3.8) is 0 Å². The molecule has 0 aromatic carbocycles. The molecule has 9 nitrogen and oxygen atoms in total. The van der Waals surface area contributed by atoms with Crippen LogP contribution >= 0.6 is 0 Å². The molecule has 1 fully saturated rings. The summed E-state index contributed by atoms with van der Waals surface area (Å²) in [6.07, 6.45) is 6.79. The van der Waals surface area contributed by atoms with Crippen molar-refractivity contribution in [3.05, 3.63) is 42.1 Å². The number of aromatic nitrogens is 3. The van der Waals surface area contributed by atoms with Crippen molar-refractivity contribution in [2.45, 2.75) is 12.8 Å². The number of carbonyl (C=O) groups excluding carboxylic acids is 2. The number of hydrogen-bond donors (Lipinski definition) is 2. The van der Waals surface area contributed by atoms with Gasteiger partial charge in [0, 0.05) is 81.6 Å². The molecule has 0 radical (unpaired) electrons. The number of ketones is 1. The quantitative estimate of drug-likeness (QED) is 0.674. The number of nitrogens with two attached hydrogens (primary N) is 2. The maximum atomic E-state index is 12.6. The molecule has 0 spiro atoms. The van der Waals surface area contributed by atoms with Crippen LogP contribution in [-0.4, -0.2) is 64.3 Å². The van der Waals surface area contributed by atoms with E-state index >= 15 is 0 Å². The number of hydrogen-bond acceptors (Lipinski definition) is 8. The Hall–Kier alpha value is -3.07. The molecule has 2 aromatic rings. The van der Waals surface area contributed by atoms with E-state index in [0.29, 0.717) is 39.1 Å². The van der Waals surface area contributed by atoms with Crippen LogP contribution in [0.1, 0.15) is 22.5 Å². The second-order valence-electron chi connectivity index (χ2n) is 6.30. The average Bonchev–Trinajstić information content (AvgIpc) is 2.69. The van der Waals surface area contributed by atoms with Crippen LogP contribution in [0.25, 0.3) is 0 Å². The topological polar surface area (TPSA) is 131 Å². The van der Waals surface area contributed by atoms with Crippen molar-refractivity contribution in [1.82, 2.24) is 19.9 Å². The highest BCUT2D eigenvalue weighted by molar-refractivity contribution is 5.99. The molecule has 3 rings (SSSR count). The molecule has 3 heterocycles. The lowest BCUT2D eigenvalue weighted by molar-refractivity contribution is -0.131. The van der Waals surface area contributed by atoms with Gasteiger partial charge in [0.25, 0.3) is 0 Å². The standard InChI is InChI=1S/C18H23N7O2/c19-3-1-16(27)25-9-7-24(8-10-25)14-2-4-21-12-13(14)11-15(26)17-18(20)23-6-5-22-17/h2,4-6,12H,1,3,7-11,19H2,(H2,20,23). The van der Waals surface area contributed by atoms with Crippen molar-refractivity contribution < 1.29 is 9.59 Å². The lowest BCUT2D eigenvalue weighted by Gasteiger charge is -2.37. The highest BCUT2D eigenvalue weighted by Crippen LogP contribution is 2.23. The Balaban J connectivity index is 1.71. The molecule has 1 saturated heterocycles. The molecule has 27 heavy (non-hydrogen) atoms. The van der Waals surface area contributed by atoms with Gasteiger partial charge in [-0.15, -0.1) is 0 Å². The highest BCUT2D eigenvalue weighted by Gasteiger charge is 2.23. The number of nitrogen functional groups attached to an aromatic ring is 1. The van der Waals surface area contributed by atoms with Crippen molar-refractivity contribution in [2.24, 2.45) is 5.73 Å².